The summed E-state index contributed by atoms with van der Waals surface area (Å²) < 4.78 is 13.2. The van der Waals surface area contributed by atoms with Crippen LogP contribution in [0.15, 0.2) is 54.6 Å². The van der Waals surface area contributed by atoms with Gasteiger partial charge in [-0.05, 0) is 61.9 Å². The molecule has 0 unspecified atom stereocenters. The van der Waals surface area contributed by atoms with Crippen LogP contribution < -0.4 is 10.2 Å². The van der Waals surface area contributed by atoms with Gasteiger partial charge in [-0.2, -0.15) is 0 Å². The highest BCUT2D eigenvalue weighted by Gasteiger charge is 2.22. The second-order valence-corrected chi connectivity index (χ2v) is 7.54. The molecular weight excluding hydrogens is 399 g/mol. The lowest BCUT2D eigenvalue weighted by molar-refractivity contribution is 0.0989. The highest BCUT2D eigenvalue weighted by atomic mass is 35.5. The molecule has 28 heavy (non-hydrogen) atoms. The van der Waals surface area contributed by atoms with Crippen molar-refractivity contribution in [3.8, 4) is 0 Å². The number of benzene rings is 2. The van der Waals surface area contributed by atoms with Crippen LogP contribution in [0.4, 0.5) is 15.1 Å². The second kappa shape index (κ2) is 8.54. The third kappa shape index (κ3) is 4.24. The normalized spacial score (nSPS) is 10.6. The van der Waals surface area contributed by atoms with Crippen molar-refractivity contribution in [2.45, 2.75) is 13.8 Å². The smallest absolute Gasteiger partial charge is 0.268 e. The number of hydrogen-bond acceptors (Lipinski definition) is 3. The number of halogens is 2. The van der Waals surface area contributed by atoms with E-state index in [9.17, 15) is 14.0 Å². The zero-order chi connectivity index (χ0) is 20.3. The quantitative estimate of drug-likeness (QED) is 0.574. The summed E-state index contributed by atoms with van der Waals surface area (Å²) in [7, 11) is 0. The van der Waals surface area contributed by atoms with Gasteiger partial charge in [0.25, 0.3) is 11.8 Å². The summed E-state index contributed by atoms with van der Waals surface area (Å²) in [5.74, 6) is -0.893. The lowest BCUT2D eigenvalue weighted by atomic mass is 10.2. The molecule has 2 aromatic carbocycles. The van der Waals surface area contributed by atoms with Crippen LogP contribution in [0.3, 0.4) is 0 Å². The van der Waals surface area contributed by atoms with Crippen molar-refractivity contribution in [1.82, 2.24) is 0 Å². The molecule has 0 atom stereocenters. The van der Waals surface area contributed by atoms with Crippen molar-refractivity contribution in [2.75, 3.05) is 16.8 Å². The predicted molar refractivity (Wildman–Crippen MR) is 112 cm³/mol. The molecule has 0 radical (unpaired) electrons. The molecule has 7 heteroatoms. The van der Waals surface area contributed by atoms with Gasteiger partial charge in [-0.1, -0.05) is 23.7 Å². The number of aryl methyl sites for hydroxylation is 1. The van der Waals surface area contributed by atoms with E-state index in [0.717, 1.165) is 5.56 Å². The highest BCUT2D eigenvalue weighted by molar-refractivity contribution is 7.18. The van der Waals surface area contributed by atoms with E-state index < -0.39 is 0 Å². The molecule has 1 heterocycles. The molecule has 0 aliphatic carbocycles. The van der Waals surface area contributed by atoms with E-state index in [4.69, 9.17) is 11.6 Å². The monoisotopic (exact) mass is 416 g/mol. The maximum absolute atomic E-state index is 13.2. The number of carbonyl (C=O) groups is 2. The average molecular weight is 417 g/mol. The minimum atomic E-state index is -0.357. The van der Waals surface area contributed by atoms with E-state index >= 15 is 0 Å². The summed E-state index contributed by atoms with van der Waals surface area (Å²) >= 11 is 7.26. The van der Waals surface area contributed by atoms with Crippen LogP contribution in [0.5, 0.6) is 0 Å². The summed E-state index contributed by atoms with van der Waals surface area (Å²) in [6, 6.07) is 14.3. The number of nitrogens with one attached hydrogen (secondary N) is 1. The first-order valence-electron chi connectivity index (χ1n) is 8.64. The van der Waals surface area contributed by atoms with Gasteiger partial charge in [-0.3, -0.25) is 9.59 Å². The number of anilines is 2. The van der Waals surface area contributed by atoms with Crippen molar-refractivity contribution in [1.29, 1.82) is 0 Å². The maximum atomic E-state index is 13.2. The first-order chi connectivity index (χ1) is 13.4. The van der Waals surface area contributed by atoms with Crippen LogP contribution >= 0.6 is 22.9 Å². The Morgan fingerprint density at radius 3 is 2.46 bits per heavy atom. The Labute approximate surface area is 171 Å². The van der Waals surface area contributed by atoms with Gasteiger partial charge >= 0.3 is 0 Å². The Kier molecular flexibility index (Phi) is 6.11. The summed E-state index contributed by atoms with van der Waals surface area (Å²) in [5.41, 5.74) is 1.73. The molecule has 1 aromatic heterocycles. The molecule has 4 nitrogen and oxygen atoms in total. The highest BCUT2D eigenvalue weighted by Crippen LogP contribution is 2.30. The Morgan fingerprint density at radius 2 is 1.82 bits per heavy atom. The average Bonchev–Trinajstić information content (AvgIpc) is 3.04. The molecule has 0 aliphatic rings. The van der Waals surface area contributed by atoms with Crippen molar-refractivity contribution in [3.63, 3.8) is 0 Å². The van der Waals surface area contributed by atoms with Crippen LogP contribution in [0.1, 0.15) is 32.5 Å². The van der Waals surface area contributed by atoms with Crippen molar-refractivity contribution >= 4 is 45.4 Å². The Morgan fingerprint density at radius 1 is 1.14 bits per heavy atom. The lowest BCUT2D eigenvalue weighted by Crippen LogP contribution is -2.30. The Balaban J connectivity index is 1.83. The first kappa shape index (κ1) is 20.0. The topological polar surface area (TPSA) is 49.4 Å². The van der Waals surface area contributed by atoms with Crippen molar-refractivity contribution < 1.29 is 14.0 Å². The molecule has 144 valence electrons. The molecule has 3 aromatic rings. The molecule has 0 spiro atoms. The third-order valence-corrected chi connectivity index (χ3v) is 5.64. The summed E-state index contributed by atoms with van der Waals surface area (Å²) in [6.07, 6.45) is 0. The van der Waals surface area contributed by atoms with Crippen molar-refractivity contribution in [3.05, 3.63) is 81.4 Å². The van der Waals surface area contributed by atoms with Gasteiger partial charge < -0.3 is 10.2 Å². The van der Waals surface area contributed by atoms with Gasteiger partial charge in [0, 0.05) is 12.2 Å². The van der Waals surface area contributed by atoms with Crippen LogP contribution in [-0.2, 0) is 0 Å². The fourth-order valence-electron chi connectivity index (χ4n) is 2.77. The molecule has 0 aliphatic heterocycles. The van der Waals surface area contributed by atoms with Gasteiger partial charge in [0.15, 0.2) is 0 Å². The number of rotatable bonds is 5. The molecule has 0 saturated carbocycles. The SMILES string of the molecule is CCN(C(=O)c1sc(NC(=O)c2ccccc2Cl)cc1C)c1ccc(F)cc1. The van der Waals surface area contributed by atoms with E-state index in [0.29, 0.717) is 32.7 Å². The first-order valence-corrected chi connectivity index (χ1v) is 9.84. The van der Waals surface area contributed by atoms with Gasteiger partial charge in [-0.25, -0.2) is 4.39 Å². The van der Waals surface area contributed by atoms with E-state index in [-0.39, 0.29) is 17.6 Å². The maximum Gasteiger partial charge on any atom is 0.268 e. The zero-order valence-electron chi connectivity index (χ0n) is 15.3. The van der Waals surface area contributed by atoms with E-state index in [1.807, 2.05) is 13.8 Å². The predicted octanol–water partition coefficient (Wildman–Crippen LogP) is 5.77. The van der Waals surface area contributed by atoms with Crippen LogP contribution in [0.25, 0.3) is 0 Å². The molecule has 1 N–H and O–H groups in total. The molecule has 0 fully saturated rings. The van der Waals surface area contributed by atoms with Crippen LogP contribution in [-0.4, -0.2) is 18.4 Å². The van der Waals surface area contributed by atoms with Gasteiger partial charge in [0.05, 0.1) is 20.5 Å². The number of thiophene rings is 1. The van der Waals surface area contributed by atoms with Crippen LogP contribution in [0, 0.1) is 12.7 Å². The minimum Gasteiger partial charge on any atom is -0.313 e. The fourth-order valence-corrected chi connectivity index (χ4v) is 4.01. The number of nitrogens with zero attached hydrogens (tertiary/aromatic N) is 1. The number of carbonyl (C=O) groups excluding carboxylic acids is 2. The van der Waals surface area contributed by atoms with Gasteiger partial charge in [0.2, 0.25) is 0 Å². The summed E-state index contributed by atoms with van der Waals surface area (Å²) in [6.45, 7) is 4.10. The fraction of sp³-hybridized carbons (Fsp3) is 0.143. The van der Waals surface area contributed by atoms with Crippen molar-refractivity contribution in [2.24, 2.45) is 0 Å². The zero-order valence-corrected chi connectivity index (χ0v) is 16.9. The number of amides is 2. The second-order valence-electron chi connectivity index (χ2n) is 6.08. The standard InChI is InChI=1S/C21H18ClFN2O2S/c1-3-25(15-10-8-14(23)9-11-15)21(27)19-13(2)12-18(28-19)24-20(26)16-6-4-5-7-17(16)22/h4-12H,3H2,1-2H3,(H,24,26). The largest absolute Gasteiger partial charge is 0.313 e. The van der Waals surface area contributed by atoms with Gasteiger partial charge in [-0.15, -0.1) is 11.3 Å². The minimum absolute atomic E-state index is 0.199. The third-order valence-electron chi connectivity index (χ3n) is 4.17. The Hall–Kier alpha value is -2.70. The summed E-state index contributed by atoms with van der Waals surface area (Å²) in [5, 5.41) is 3.71. The molecular formula is C21H18ClFN2O2S. The van der Waals surface area contributed by atoms with E-state index in [1.54, 1.807) is 47.4 Å². The summed E-state index contributed by atoms with van der Waals surface area (Å²) in [4.78, 5) is 27.5. The van der Waals surface area contributed by atoms with Gasteiger partial charge in [0.1, 0.15) is 5.82 Å². The number of hydrogen-bond donors (Lipinski definition) is 1. The molecule has 3 rings (SSSR count). The lowest BCUT2D eigenvalue weighted by Gasteiger charge is -2.20. The Bertz CT molecular complexity index is 1020. The molecule has 0 saturated heterocycles. The molecule has 2 amide bonds. The van der Waals surface area contributed by atoms with E-state index in [2.05, 4.69) is 5.32 Å². The van der Waals surface area contributed by atoms with E-state index in [1.165, 1.54) is 23.5 Å². The molecule has 0 bridgehead atoms. The van der Waals surface area contributed by atoms with Crippen LogP contribution in [0.2, 0.25) is 5.02 Å².